The molecule has 0 unspecified atom stereocenters. The zero-order chi connectivity index (χ0) is 20.1. The average molecular weight is 389 g/mol. The van der Waals surface area contributed by atoms with Crippen LogP contribution in [0.4, 0.5) is 5.69 Å². The SMILES string of the molecule is COc1ccccc1CCC(=O)Nc1cccc(-c2nnc(-c3ccco3)o2)c1. The summed E-state index contributed by atoms with van der Waals surface area (Å²) in [6, 6.07) is 18.4. The van der Waals surface area contributed by atoms with Crippen molar-refractivity contribution in [2.24, 2.45) is 0 Å². The molecule has 0 spiro atoms. The van der Waals surface area contributed by atoms with Crippen molar-refractivity contribution in [3.05, 3.63) is 72.5 Å². The van der Waals surface area contributed by atoms with E-state index in [0.29, 0.717) is 41.6 Å². The lowest BCUT2D eigenvalue weighted by Crippen LogP contribution is -2.12. The molecule has 2 aromatic heterocycles. The molecule has 7 heteroatoms. The maximum atomic E-state index is 12.4. The lowest BCUT2D eigenvalue weighted by atomic mass is 10.1. The normalized spacial score (nSPS) is 10.7. The number of amides is 1. The van der Waals surface area contributed by atoms with Crippen molar-refractivity contribution in [3.8, 4) is 28.9 Å². The number of benzene rings is 2. The highest BCUT2D eigenvalue weighted by atomic mass is 16.5. The number of carbonyl (C=O) groups excluding carboxylic acids is 1. The second-order valence-corrected chi connectivity index (χ2v) is 6.33. The molecule has 146 valence electrons. The quantitative estimate of drug-likeness (QED) is 0.498. The van der Waals surface area contributed by atoms with Gasteiger partial charge in [-0.05, 0) is 48.4 Å². The molecule has 0 aliphatic rings. The molecule has 0 atom stereocenters. The summed E-state index contributed by atoms with van der Waals surface area (Å²) >= 11 is 0. The topological polar surface area (TPSA) is 90.4 Å². The van der Waals surface area contributed by atoms with Crippen LogP contribution in [0.2, 0.25) is 0 Å². The first-order valence-corrected chi connectivity index (χ1v) is 9.12. The van der Waals surface area contributed by atoms with Crippen LogP contribution in [0.25, 0.3) is 23.1 Å². The van der Waals surface area contributed by atoms with E-state index >= 15 is 0 Å². The van der Waals surface area contributed by atoms with Crippen LogP contribution in [0, 0.1) is 0 Å². The van der Waals surface area contributed by atoms with Gasteiger partial charge in [-0.25, -0.2) is 0 Å². The Bertz CT molecular complexity index is 1100. The standard InChI is InChI=1S/C22H19N3O4/c1-27-18-9-3-2-6-15(18)11-12-20(26)23-17-8-4-7-16(14-17)21-24-25-22(29-21)19-10-5-13-28-19/h2-10,13-14H,11-12H2,1H3,(H,23,26). The first-order chi connectivity index (χ1) is 14.2. The minimum atomic E-state index is -0.0881. The average Bonchev–Trinajstić information content (AvgIpc) is 3.44. The van der Waals surface area contributed by atoms with E-state index in [0.717, 1.165) is 11.3 Å². The van der Waals surface area contributed by atoms with E-state index < -0.39 is 0 Å². The number of nitrogens with one attached hydrogen (secondary N) is 1. The second kappa shape index (κ2) is 8.43. The van der Waals surface area contributed by atoms with Gasteiger partial charge >= 0.3 is 0 Å². The number of anilines is 1. The minimum absolute atomic E-state index is 0.0881. The third kappa shape index (κ3) is 4.35. The summed E-state index contributed by atoms with van der Waals surface area (Å²) in [5, 5.41) is 11.0. The Balaban J connectivity index is 1.42. The monoisotopic (exact) mass is 389 g/mol. The van der Waals surface area contributed by atoms with Crippen LogP contribution < -0.4 is 10.1 Å². The van der Waals surface area contributed by atoms with E-state index in [1.807, 2.05) is 42.5 Å². The molecule has 0 saturated heterocycles. The van der Waals surface area contributed by atoms with Crippen molar-refractivity contribution in [2.45, 2.75) is 12.8 Å². The maximum Gasteiger partial charge on any atom is 0.283 e. The molecule has 4 aromatic rings. The number of carbonyl (C=O) groups is 1. The van der Waals surface area contributed by atoms with Crippen molar-refractivity contribution < 1.29 is 18.4 Å². The molecule has 29 heavy (non-hydrogen) atoms. The summed E-state index contributed by atoms with van der Waals surface area (Å²) in [5.41, 5.74) is 2.36. The fourth-order valence-corrected chi connectivity index (χ4v) is 2.95. The molecule has 0 radical (unpaired) electrons. The van der Waals surface area contributed by atoms with E-state index in [-0.39, 0.29) is 5.91 Å². The maximum absolute atomic E-state index is 12.4. The molecule has 0 aliphatic heterocycles. The summed E-state index contributed by atoms with van der Waals surface area (Å²) in [4.78, 5) is 12.4. The van der Waals surface area contributed by atoms with Crippen LogP contribution in [-0.4, -0.2) is 23.2 Å². The number of hydrogen-bond acceptors (Lipinski definition) is 6. The third-order valence-electron chi connectivity index (χ3n) is 4.36. The molecule has 1 amide bonds. The molecule has 0 aliphatic carbocycles. The number of para-hydroxylation sites is 1. The van der Waals surface area contributed by atoms with Gasteiger partial charge in [0, 0.05) is 17.7 Å². The van der Waals surface area contributed by atoms with Crippen molar-refractivity contribution >= 4 is 11.6 Å². The Labute approximate surface area is 167 Å². The molecule has 0 fully saturated rings. The molecular weight excluding hydrogens is 370 g/mol. The zero-order valence-corrected chi connectivity index (χ0v) is 15.8. The first kappa shape index (κ1) is 18.5. The van der Waals surface area contributed by atoms with Crippen molar-refractivity contribution in [2.75, 3.05) is 12.4 Å². The highest BCUT2D eigenvalue weighted by molar-refractivity contribution is 5.91. The highest BCUT2D eigenvalue weighted by Crippen LogP contribution is 2.26. The van der Waals surface area contributed by atoms with E-state index in [1.54, 1.807) is 31.6 Å². The van der Waals surface area contributed by atoms with Gasteiger partial charge in [-0.3, -0.25) is 4.79 Å². The number of hydrogen-bond donors (Lipinski definition) is 1. The first-order valence-electron chi connectivity index (χ1n) is 9.12. The van der Waals surface area contributed by atoms with Gasteiger partial charge in [0.25, 0.3) is 5.89 Å². The molecule has 0 saturated carbocycles. The number of ether oxygens (including phenoxy) is 1. The van der Waals surface area contributed by atoms with Gasteiger partial charge in [0.05, 0.1) is 13.4 Å². The largest absolute Gasteiger partial charge is 0.496 e. The summed E-state index contributed by atoms with van der Waals surface area (Å²) < 4.78 is 16.3. The molecule has 4 rings (SSSR count). The number of aryl methyl sites for hydroxylation is 1. The molecular formula is C22H19N3O4. The van der Waals surface area contributed by atoms with E-state index in [1.165, 1.54) is 0 Å². The predicted octanol–water partition coefficient (Wildman–Crippen LogP) is 4.58. The molecule has 0 bridgehead atoms. The summed E-state index contributed by atoms with van der Waals surface area (Å²) in [7, 11) is 1.62. The summed E-state index contributed by atoms with van der Waals surface area (Å²) in [6.07, 6.45) is 2.47. The van der Waals surface area contributed by atoms with Gasteiger partial charge in [-0.1, -0.05) is 24.3 Å². The molecule has 2 heterocycles. The van der Waals surface area contributed by atoms with Gasteiger partial charge < -0.3 is 18.9 Å². The van der Waals surface area contributed by atoms with Crippen molar-refractivity contribution in [3.63, 3.8) is 0 Å². The van der Waals surface area contributed by atoms with Crippen LogP contribution in [-0.2, 0) is 11.2 Å². The van der Waals surface area contributed by atoms with Gasteiger partial charge in [0.2, 0.25) is 11.8 Å². The number of furan rings is 1. The smallest absolute Gasteiger partial charge is 0.283 e. The second-order valence-electron chi connectivity index (χ2n) is 6.33. The Hall–Kier alpha value is -3.87. The Morgan fingerprint density at radius 3 is 2.72 bits per heavy atom. The van der Waals surface area contributed by atoms with Crippen LogP contribution in [0.3, 0.4) is 0 Å². The lowest BCUT2D eigenvalue weighted by molar-refractivity contribution is -0.116. The van der Waals surface area contributed by atoms with E-state index in [2.05, 4.69) is 15.5 Å². The van der Waals surface area contributed by atoms with Crippen LogP contribution >= 0.6 is 0 Å². The lowest BCUT2D eigenvalue weighted by Gasteiger charge is -2.09. The minimum Gasteiger partial charge on any atom is -0.496 e. The molecule has 7 nitrogen and oxygen atoms in total. The van der Waals surface area contributed by atoms with Gasteiger partial charge in [-0.2, -0.15) is 0 Å². The van der Waals surface area contributed by atoms with Gasteiger partial charge in [0.15, 0.2) is 5.76 Å². The Morgan fingerprint density at radius 2 is 1.90 bits per heavy atom. The van der Waals surface area contributed by atoms with Gasteiger partial charge in [0.1, 0.15) is 5.75 Å². The molecule has 2 aromatic carbocycles. The van der Waals surface area contributed by atoms with Crippen LogP contribution in [0.5, 0.6) is 5.75 Å². The van der Waals surface area contributed by atoms with E-state index in [9.17, 15) is 4.79 Å². The molecule has 1 N–H and O–H groups in total. The van der Waals surface area contributed by atoms with Crippen LogP contribution in [0.15, 0.2) is 75.8 Å². The number of rotatable bonds is 7. The fraction of sp³-hybridized carbons (Fsp3) is 0.136. The highest BCUT2D eigenvalue weighted by Gasteiger charge is 2.13. The van der Waals surface area contributed by atoms with Crippen LogP contribution in [0.1, 0.15) is 12.0 Å². The third-order valence-corrected chi connectivity index (χ3v) is 4.36. The van der Waals surface area contributed by atoms with Gasteiger partial charge in [-0.15, -0.1) is 10.2 Å². The predicted molar refractivity (Wildman–Crippen MR) is 107 cm³/mol. The fourth-order valence-electron chi connectivity index (χ4n) is 2.95. The zero-order valence-electron chi connectivity index (χ0n) is 15.8. The Morgan fingerprint density at radius 1 is 1.03 bits per heavy atom. The summed E-state index contributed by atoms with van der Waals surface area (Å²) in [5.74, 6) is 1.85. The number of aromatic nitrogens is 2. The van der Waals surface area contributed by atoms with Crippen molar-refractivity contribution in [1.29, 1.82) is 0 Å². The number of methoxy groups -OCH3 is 1. The van der Waals surface area contributed by atoms with E-state index in [4.69, 9.17) is 13.6 Å². The Kier molecular flexibility index (Phi) is 5.38. The number of nitrogens with zero attached hydrogens (tertiary/aromatic N) is 2. The van der Waals surface area contributed by atoms with Crippen molar-refractivity contribution in [1.82, 2.24) is 10.2 Å². The summed E-state index contributed by atoms with van der Waals surface area (Å²) in [6.45, 7) is 0.